The Bertz CT molecular complexity index is 440. The molecule has 0 aromatic heterocycles. The van der Waals surface area contributed by atoms with Gasteiger partial charge in [-0.15, -0.1) is 0 Å². The van der Waals surface area contributed by atoms with Crippen molar-refractivity contribution in [2.75, 3.05) is 7.05 Å². The van der Waals surface area contributed by atoms with E-state index in [1.807, 2.05) is 11.9 Å². The fourth-order valence-corrected chi connectivity index (χ4v) is 2.52. The number of hydrogen-bond donors (Lipinski definition) is 1. The monoisotopic (exact) mass is 230 g/mol. The van der Waals surface area contributed by atoms with Crippen LogP contribution >= 0.6 is 0 Å². The summed E-state index contributed by atoms with van der Waals surface area (Å²) in [5, 5.41) is 3.35. The van der Waals surface area contributed by atoms with Gasteiger partial charge in [0.1, 0.15) is 0 Å². The van der Waals surface area contributed by atoms with E-state index in [1.165, 1.54) is 24.0 Å². The normalized spacial score (nSPS) is 23.0. The molecule has 0 bridgehead atoms. The van der Waals surface area contributed by atoms with Crippen molar-refractivity contribution >= 4 is 5.91 Å². The molecule has 1 aromatic rings. The minimum atomic E-state index is -0.0319. The molecule has 3 heteroatoms. The van der Waals surface area contributed by atoms with Gasteiger partial charge in [-0.3, -0.25) is 4.79 Å². The Morgan fingerprint density at radius 1 is 1.29 bits per heavy atom. The predicted molar refractivity (Wildman–Crippen MR) is 66.6 cm³/mol. The Hall–Kier alpha value is -1.35. The van der Waals surface area contributed by atoms with Gasteiger partial charge in [0.05, 0.1) is 6.04 Å². The van der Waals surface area contributed by atoms with E-state index >= 15 is 0 Å². The number of rotatable bonds is 2. The van der Waals surface area contributed by atoms with Crippen LogP contribution in [-0.2, 0) is 17.8 Å². The van der Waals surface area contributed by atoms with E-state index in [2.05, 4.69) is 29.6 Å². The summed E-state index contributed by atoms with van der Waals surface area (Å²) >= 11 is 0. The molecule has 0 spiro atoms. The number of nitrogens with zero attached hydrogens (tertiary/aromatic N) is 1. The van der Waals surface area contributed by atoms with E-state index in [1.54, 1.807) is 0 Å². The lowest BCUT2D eigenvalue weighted by atomic mass is 9.95. The van der Waals surface area contributed by atoms with Crippen LogP contribution in [0.1, 0.15) is 24.0 Å². The molecule has 1 atom stereocenters. The van der Waals surface area contributed by atoms with Crippen LogP contribution in [0.25, 0.3) is 0 Å². The maximum absolute atomic E-state index is 12.3. The maximum Gasteiger partial charge on any atom is 0.240 e. The molecule has 0 radical (unpaired) electrons. The standard InChI is InChI=1S/C14H18N2O/c1-16(12-6-7-12)14(17)13-8-10-4-2-3-5-11(10)9-15-13/h2-5,12-13,15H,6-9H2,1H3/t13-/m1/s1. The van der Waals surface area contributed by atoms with E-state index in [4.69, 9.17) is 0 Å². The quantitative estimate of drug-likeness (QED) is 0.831. The summed E-state index contributed by atoms with van der Waals surface area (Å²) in [5.74, 6) is 0.252. The topological polar surface area (TPSA) is 32.3 Å². The molecule has 17 heavy (non-hydrogen) atoms. The Labute approximate surface area is 102 Å². The van der Waals surface area contributed by atoms with Gasteiger partial charge in [-0.25, -0.2) is 0 Å². The number of carbonyl (C=O) groups is 1. The van der Waals surface area contributed by atoms with E-state index in [-0.39, 0.29) is 11.9 Å². The van der Waals surface area contributed by atoms with Gasteiger partial charge < -0.3 is 10.2 Å². The molecule has 1 saturated carbocycles. The second kappa shape index (κ2) is 4.15. The number of benzene rings is 1. The minimum absolute atomic E-state index is 0.0319. The van der Waals surface area contributed by atoms with Gasteiger partial charge in [0.15, 0.2) is 0 Å². The van der Waals surface area contributed by atoms with Crippen molar-refractivity contribution in [2.45, 2.75) is 37.9 Å². The summed E-state index contributed by atoms with van der Waals surface area (Å²) in [6, 6.07) is 8.84. The summed E-state index contributed by atoms with van der Waals surface area (Å²) in [6.07, 6.45) is 3.17. The lowest BCUT2D eigenvalue weighted by molar-refractivity contribution is -0.132. The molecule has 1 N–H and O–H groups in total. The fourth-order valence-electron chi connectivity index (χ4n) is 2.52. The second-order valence-corrected chi connectivity index (χ2v) is 5.09. The van der Waals surface area contributed by atoms with Crippen molar-refractivity contribution in [2.24, 2.45) is 0 Å². The van der Waals surface area contributed by atoms with Crippen LogP contribution in [-0.4, -0.2) is 29.9 Å². The van der Waals surface area contributed by atoms with Crippen molar-refractivity contribution < 1.29 is 4.79 Å². The molecule has 1 heterocycles. The van der Waals surface area contributed by atoms with Crippen molar-refractivity contribution in [3.05, 3.63) is 35.4 Å². The van der Waals surface area contributed by atoms with Gasteiger partial charge in [-0.05, 0) is 30.4 Å². The van der Waals surface area contributed by atoms with E-state index in [9.17, 15) is 4.79 Å². The van der Waals surface area contributed by atoms with Gasteiger partial charge in [0, 0.05) is 19.6 Å². The summed E-state index contributed by atoms with van der Waals surface area (Å²) in [5.41, 5.74) is 2.64. The summed E-state index contributed by atoms with van der Waals surface area (Å²) in [7, 11) is 1.93. The molecule has 1 amide bonds. The Balaban J connectivity index is 1.73. The molecule has 1 aliphatic heterocycles. The highest BCUT2D eigenvalue weighted by atomic mass is 16.2. The van der Waals surface area contributed by atoms with E-state index in [0.717, 1.165) is 13.0 Å². The van der Waals surface area contributed by atoms with E-state index in [0.29, 0.717) is 6.04 Å². The van der Waals surface area contributed by atoms with Crippen LogP contribution in [0.5, 0.6) is 0 Å². The smallest absolute Gasteiger partial charge is 0.240 e. The van der Waals surface area contributed by atoms with Crippen molar-refractivity contribution in [3.63, 3.8) is 0 Å². The van der Waals surface area contributed by atoms with Crippen molar-refractivity contribution in [1.29, 1.82) is 0 Å². The molecular weight excluding hydrogens is 212 g/mol. The first-order valence-electron chi connectivity index (χ1n) is 6.32. The predicted octanol–water partition coefficient (Wildman–Crippen LogP) is 1.32. The number of fused-ring (bicyclic) bond motifs is 1. The molecule has 3 rings (SSSR count). The molecular formula is C14H18N2O. The van der Waals surface area contributed by atoms with Crippen LogP contribution in [0.2, 0.25) is 0 Å². The number of hydrogen-bond acceptors (Lipinski definition) is 2. The number of carbonyl (C=O) groups excluding carboxylic acids is 1. The molecule has 1 fully saturated rings. The first-order chi connectivity index (χ1) is 8.25. The lowest BCUT2D eigenvalue weighted by Crippen LogP contribution is -2.48. The van der Waals surface area contributed by atoms with Crippen LogP contribution < -0.4 is 5.32 Å². The van der Waals surface area contributed by atoms with Crippen molar-refractivity contribution in [3.8, 4) is 0 Å². The molecule has 2 aliphatic rings. The van der Waals surface area contributed by atoms with Gasteiger partial charge in [0.25, 0.3) is 0 Å². The largest absolute Gasteiger partial charge is 0.341 e. The zero-order chi connectivity index (χ0) is 11.8. The number of likely N-dealkylation sites (N-methyl/N-ethyl adjacent to an activating group) is 1. The first-order valence-corrected chi connectivity index (χ1v) is 6.32. The Kier molecular flexibility index (Phi) is 2.63. The summed E-state index contributed by atoms with van der Waals surface area (Å²) in [6.45, 7) is 0.811. The van der Waals surface area contributed by atoms with Gasteiger partial charge >= 0.3 is 0 Å². The molecule has 0 unspecified atom stereocenters. The average Bonchev–Trinajstić information content (AvgIpc) is 3.21. The van der Waals surface area contributed by atoms with Crippen LogP contribution in [0.4, 0.5) is 0 Å². The van der Waals surface area contributed by atoms with Gasteiger partial charge in [-0.2, -0.15) is 0 Å². The molecule has 90 valence electrons. The highest BCUT2D eigenvalue weighted by Gasteiger charge is 2.34. The highest BCUT2D eigenvalue weighted by Crippen LogP contribution is 2.27. The van der Waals surface area contributed by atoms with Crippen molar-refractivity contribution in [1.82, 2.24) is 10.2 Å². The average molecular weight is 230 g/mol. The zero-order valence-electron chi connectivity index (χ0n) is 10.1. The lowest BCUT2D eigenvalue weighted by Gasteiger charge is -2.29. The molecule has 0 saturated heterocycles. The zero-order valence-corrected chi connectivity index (χ0v) is 10.1. The maximum atomic E-state index is 12.3. The first kappa shape index (κ1) is 10.8. The van der Waals surface area contributed by atoms with Crippen LogP contribution in [0, 0.1) is 0 Å². The molecule has 3 nitrogen and oxygen atoms in total. The third kappa shape index (κ3) is 2.07. The number of nitrogens with one attached hydrogen (secondary N) is 1. The minimum Gasteiger partial charge on any atom is -0.341 e. The number of amides is 1. The summed E-state index contributed by atoms with van der Waals surface area (Å²) in [4.78, 5) is 14.2. The van der Waals surface area contributed by atoms with Crippen LogP contribution in [0.15, 0.2) is 24.3 Å². The Morgan fingerprint density at radius 3 is 2.71 bits per heavy atom. The SMILES string of the molecule is CN(C(=O)[C@H]1Cc2ccccc2CN1)C1CC1. The van der Waals surface area contributed by atoms with Gasteiger partial charge in [0.2, 0.25) is 5.91 Å². The molecule has 1 aliphatic carbocycles. The summed E-state index contributed by atoms with van der Waals surface area (Å²) < 4.78 is 0. The second-order valence-electron chi connectivity index (χ2n) is 5.09. The third-order valence-electron chi connectivity index (χ3n) is 3.82. The van der Waals surface area contributed by atoms with Crippen LogP contribution in [0.3, 0.4) is 0 Å². The molecule has 1 aromatic carbocycles. The fraction of sp³-hybridized carbons (Fsp3) is 0.500. The third-order valence-corrected chi connectivity index (χ3v) is 3.82. The van der Waals surface area contributed by atoms with E-state index < -0.39 is 0 Å². The highest BCUT2D eigenvalue weighted by molar-refractivity contribution is 5.83. The Morgan fingerprint density at radius 2 is 2.00 bits per heavy atom. The van der Waals surface area contributed by atoms with Gasteiger partial charge in [-0.1, -0.05) is 24.3 Å².